The Labute approximate surface area is 148 Å². The van der Waals surface area contributed by atoms with Crippen LogP contribution < -0.4 is 4.74 Å². The molecule has 1 aromatic rings. The van der Waals surface area contributed by atoms with Crippen LogP contribution in [-0.4, -0.2) is 50.0 Å². The number of nitrogens with zero attached hydrogens (tertiary/aromatic N) is 1. The lowest BCUT2D eigenvalue weighted by Crippen LogP contribution is -2.68. The number of benzene rings is 1. The summed E-state index contributed by atoms with van der Waals surface area (Å²) in [6.07, 6.45) is 3.89. The highest BCUT2D eigenvalue weighted by molar-refractivity contribution is 5.82. The zero-order valence-electron chi connectivity index (χ0n) is 14.9. The maximum absolute atomic E-state index is 12.8. The maximum atomic E-state index is 12.8. The van der Waals surface area contributed by atoms with Gasteiger partial charge in [-0.15, -0.1) is 0 Å². The molecule has 0 aromatic heterocycles. The molecule has 2 aliphatic heterocycles. The van der Waals surface area contributed by atoms with Gasteiger partial charge in [-0.25, -0.2) is 0 Å². The molecule has 0 unspecified atom stereocenters. The Morgan fingerprint density at radius 3 is 2.96 bits per heavy atom. The molecule has 1 amide bonds. The van der Waals surface area contributed by atoms with Gasteiger partial charge in [-0.1, -0.05) is 0 Å². The average Bonchev–Trinajstić information content (AvgIpc) is 3.47. The first-order valence-corrected chi connectivity index (χ1v) is 9.32. The van der Waals surface area contributed by atoms with Crippen LogP contribution in [0.15, 0.2) is 12.1 Å². The quantitative estimate of drug-likeness (QED) is 0.826. The summed E-state index contributed by atoms with van der Waals surface area (Å²) in [6.45, 7) is 3.94. The van der Waals surface area contributed by atoms with Crippen molar-refractivity contribution in [3.63, 3.8) is 0 Å². The fraction of sp³-hybridized carbons (Fsp3) is 0.650. The van der Waals surface area contributed by atoms with Crippen molar-refractivity contribution in [2.45, 2.75) is 50.2 Å². The maximum Gasteiger partial charge on any atom is 0.226 e. The second kappa shape index (κ2) is 5.45. The first kappa shape index (κ1) is 15.6. The number of likely N-dealkylation sites (tertiary alicyclic amines) is 1. The fourth-order valence-electron chi connectivity index (χ4n) is 5.18. The molecule has 134 valence electrons. The second-order valence-corrected chi connectivity index (χ2v) is 8.01. The van der Waals surface area contributed by atoms with Gasteiger partial charge in [0.2, 0.25) is 5.91 Å². The summed E-state index contributed by atoms with van der Waals surface area (Å²) in [4.78, 5) is 15.0. The molecule has 25 heavy (non-hydrogen) atoms. The van der Waals surface area contributed by atoms with E-state index in [4.69, 9.17) is 14.2 Å². The minimum Gasteiger partial charge on any atom is -0.497 e. The first-order valence-electron chi connectivity index (χ1n) is 9.32. The standard InChI is InChI=1S/C20H25NO4/c1-12-7-14(23-2)8-16-15(12)9-17-18-20(16,10-24-11-25-18)5-6-21(17)19(22)13-3-4-13/h7-8,13,17-18H,3-6,9-11H2,1-2H3/t17-,18+,20-/m1/s1. The lowest BCUT2D eigenvalue weighted by molar-refractivity contribution is -0.222. The van der Waals surface area contributed by atoms with Crippen molar-refractivity contribution >= 4 is 5.91 Å². The van der Waals surface area contributed by atoms with Crippen molar-refractivity contribution in [2.75, 3.05) is 27.1 Å². The third-order valence-electron chi connectivity index (χ3n) is 6.63. The van der Waals surface area contributed by atoms with Gasteiger partial charge in [0.05, 0.1) is 25.9 Å². The van der Waals surface area contributed by atoms with Crippen LogP contribution in [-0.2, 0) is 26.1 Å². The largest absolute Gasteiger partial charge is 0.497 e. The van der Waals surface area contributed by atoms with E-state index in [1.165, 1.54) is 16.7 Å². The number of aryl methyl sites for hydroxylation is 1. The summed E-state index contributed by atoms with van der Waals surface area (Å²) < 4.78 is 17.4. The number of hydrogen-bond acceptors (Lipinski definition) is 4. The van der Waals surface area contributed by atoms with Crippen molar-refractivity contribution in [2.24, 2.45) is 5.92 Å². The number of methoxy groups -OCH3 is 1. The van der Waals surface area contributed by atoms with E-state index in [9.17, 15) is 4.79 Å². The van der Waals surface area contributed by atoms with Gasteiger partial charge in [0.15, 0.2) is 0 Å². The number of rotatable bonds is 2. The molecule has 3 atom stereocenters. The SMILES string of the molecule is COc1cc(C)c2c(c1)[C@]13CCN(C(=O)C4CC4)[C@H](C2)[C@@H]1OCOC3. The number of fused-ring (bicyclic) bond motifs is 1. The lowest BCUT2D eigenvalue weighted by atomic mass is 9.61. The highest BCUT2D eigenvalue weighted by atomic mass is 16.7. The number of ether oxygens (including phenoxy) is 3. The van der Waals surface area contributed by atoms with Gasteiger partial charge >= 0.3 is 0 Å². The number of piperidine rings is 1. The summed E-state index contributed by atoms with van der Waals surface area (Å²) in [6, 6.07) is 4.40. The molecular formula is C20H25NO4. The summed E-state index contributed by atoms with van der Waals surface area (Å²) >= 11 is 0. The van der Waals surface area contributed by atoms with Crippen LogP contribution >= 0.6 is 0 Å². The van der Waals surface area contributed by atoms with Crippen LogP contribution in [0.1, 0.15) is 36.0 Å². The predicted octanol–water partition coefficient (Wildman–Crippen LogP) is 2.18. The molecule has 0 spiro atoms. The number of carbonyl (C=O) groups is 1. The van der Waals surface area contributed by atoms with Crippen LogP contribution in [0.5, 0.6) is 5.75 Å². The topological polar surface area (TPSA) is 48.0 Å². The minimum absolute atomic E-state index is 0.0247. The van der Waals surface area contributed by atoms with Crippen LogP contribution in [0, 0.1) is 12.8 Å². The van der Waals surface area contributed by atoms with E-state index in [0.29, 0.717) is 19.3 Å². The molecule has 3 fully saturated rings. The third-order valence-corrected chi connectivity index (χ3v) is 6.63. The zero-order chi connectivity index (χ0) is 17.2. The monoisotopic (exact) mass is 343 g/mol. The third kappa shape index (κ3) is 2.18. The van der Waals surface area contributed by atoms with E-state index in [2.05, 4.69) is 24.0 Å². The Hall–Kier alpha value is -1.59. The molecule has 0 N–H and O–H groups in total. The van der Waals surface area contributed by atoms with Gasteiger partial charge in [0, 0.05) is 17.9 Å². The normalized spacial score (nSPS) is 33.4. The molecule has 5 nitrogen and oxygen atoms in total. The number of carbonyl (C=O) groups excluding carboxylic acids is 1. The Balaban J connectivity index is 1.63. The van der Waals surface area contributed by atoms with Crippen LogP contribution in [0.2, 0.25) is 0 Å². The Bertz CT molecular complexity index is 729. The van der Waals surface area contributed by atoms with Gasteiger partial charge < -0.3 is 19.1 Å². The van der Waals surface area contributed by atoms with Crippen molar-refractivity contribution < 1.29 is 19.0 Å². The van der Waals surface area contributed by atoms with Crippen molar-refractivity contribution in [3.05, 3.63) is 28.8 Å². The van der Waals surface area contributed by atoms with Gasteiger partial charge in [-0.3, -0.25) is 4.79 Å². The molecule has 5 rings (SSSR count). The van der Waals surface area contributed by atoms with Crippen LogP contribution in [0.3, 0.4) is 0 Å². The Morgan fingerprint density at radius 2 is 2.20 bits per heavy atom. The van der Waals surface area contributed by atoms with Crippen LogP contribution in [0.25, 0.3) is 0 Å². The number of hydrogen-bond donors (Lipinski definition) is 0. The van der Waals surface area contributed by atoms with Gasteiger partial charge in [0.1, 0.15) is 12.5 Å². The van der Waals surface area contributed by atoms with E-state index in [-0.39, 0.29) is 23.5 Å². The molecule has 1 aromatic carbocycles. The molecular weight excluding hydrogens is 318 g/mol. The second-order valence-electron chi connectivity index (χ2n) is 8.01. The molecule has 4 aliphatic rings. The highest BCUT2D eigenvalue weighted by Crippen LogP contribution is 2.50. The summed E-state index contributed by atoms with van der Waals surface area (Å²) in [5, 5.41) is 0. The van der Waals surface area contributed by atoms with Crippen molar-refractivity contribution in [3.8, 4) is 5.75 Å². The highest BCUT2D eigenvalue weighted by Gasteiger charge is 2.58. The Morgan fingerprint density at radius 1 is 1.36 bits per heavy atom. The molecule has 1 saturated carbocycles. The van der Waals surface area contributed by atoms with E-state index in [0.717, 1.165) is 38.0 Å². The predicted molar refractivity (Wildman–Crippen MR) is 91.6 cm³/mol. The fourth-order valence-corrected chi connectivity index (χ4v) is 5.18. The number of amides is 1. The van der Waals surface area contributed by atoms with Gasteiger partial charge in [-0.2, -0.15) is 0 Å². The van der Waals surface area contributed by atoms with E-state index in [1.54, 1.807) is 7.11 Å². The Kier molecular flexibility index (Phi) is 3.41. The minimum atomic E-state index is -0.157. The lowest BCUT2D eigenvalue weighted by Gasteiger charge is -2.57. The summed E-state index contributed by atoms with van der Waals surface area (Å²) in [5.74, 6) is 1.49. The molecule has 2 aliphatic carbocycles. The molecule has 5 heteroatoms. The van der Waals surface area contributed by atoms with E-state index < -0.39 is 0 Å². The van der Waals surface area contributed by atoms with Gasteiger partial charge in [0.25, 0.3) is 0 Å². The van der Waals surface area contributed by atoms with Gasteiger partial charge in [-0.05, 0) is 61.4 Å². The summed E-state index contributed by atoms with van der Waals surface area (Å²) in [7, 11) is 1.72. The molecule has 0 radical (unpaired) electrons. The van der Waals surface area contributed by atoms with E-state index in [1.807, 2.05) is 0 Å². The summed E-state index contributed by atoms with van der Waals surface area (Å²) in [5.41, 5.74) is 3.74. The van der Waals surface area contributed by atoms with Crippen molar-refractivity contribution in [1.29, 1.82) is 0 Å². The molecule has 2 bridgehead atoms. The molecule has 2 heterocycles. The smallest absolute Gasteiger partial charge is 0.226 e. The molecule has 2 saturated heterocycles. The first-order chi connectivity index (χ1) is 12.1. The zero-order valence-corrected chi connectivity index (χ0v) is 14.9. The average molecular weight is 343 g/mol. The van der Waals surface area contributed by atoms with Crippen molar-refractivity contribution in [1.82, 2.24) is 4.90 Å². The van der Waals surface area contributed by atoms with E-state index >= 15 is 0 Å². The van der Waals surface area contributed by atoms with Crippen LogP contribution in [0.4, 0.5) is 0 Å².